The molecule has 2 aliphatic rings. The second-order valence-electron chi connectivity index (χ2n) is 8.03. The summed E-state index contributed by atoms with van der Waals surface area (Å²) in [5.74, 6) is 2.18. The number of hydrogen-bond donors (Lipinski definition) is 1. The first-order valence-corrected chi connectivity index (χ1v) is 10.5. The van der Waals surface area contributed by atoms with Gasteiger partial charge < -0.3 is 9.80 Å². The van der Waals surface area contributed by atoms with E-state index in [4.69, 9.17) is 4.98 Å². The highest BCUT2D eigenvalue weighted by atomic mass is 32.1. The number of H-pyrrole nitrogens is 1. The van der Waals surface area contributed by atoms with E-state index in [1.165, 1.54) is 0 Å². The molecule has 7 heteroatoms. The summed E-state index contributed by atoms with van der Waals surface area (Å²) in [6.07, 6.45) is 0.509. The van der Waals surface area contributed by atoms with Gasteiger partial charge in [0.2, 0.25) is 5.91 Å². The van der Waals surface area contributed by atoms with Crippen LogP contribution in [0.25, 0.3) is 11.4 Å². The van der Waals surface area contributed by atoms with Crippen LogP contribution >= 0.6 is 11.3 Å². The van der Waals surface area contributed by atoms with Gasteiger partial charge in [0.1, 0.15) is 5.82 Å². The molecule has 0 bridgehead atoms. The summed E-state index contributed by atoms with van der Waals surface area (Å²) in [6, 6.07) is 14.1. The van der Waals surface area contributed by atoms with Gasteiger partial charge in [-0.2, -0.15) is 5.10 Å². The van der Waals surface area contributed by atoms with E-state index in [0.717, 1.165) is 48.3 Å². The zero-order chi connectivity index (χ0) is 19.1. The Hall–Kier alpha value is -2.51. The van der Waals surface area contributed by atoms with Crippen LogP contribution in [0.5, 0.6) is 0 Å². The van der Waals surface area contributed by atoms with Crippen molar-refractivity contribution in [3.63, 3.8) is 0 Å². The highest BCUT2D eigenvalue weighted by molar-refractivity contribution is 7.10. The van der Waals surface area contributed by atoms with Crippen molar-refractivity contribution in [3.05, 3.63) is 58.5 Å². The summed E-state index contributed by atoms with van der Waals surface area (Å²) in [5.41, 5.74) is 1.10. The zero-order valence-electron chi connectivity index (χ0n) is 15.8. The fraction of sp³-hybridized carbons (Fsp3) is 0.381. The second kappa shape index (κ2) is 6.83. The smallest absolute Gasteiger partial charge is 0.227 e. The van der Waals surface area contributed by atoms with Crippen molar-refractivity contribution >= 4 is 17.2 Å². The van der Waals surface area contributed by atoms with Crippen LogP contribution in [0, 0.1) is 5.41 Å². The number of carbonyl (C=O) groups excluding carboxylic acids is 1. The summed E-state index contributed by atoms with van der Waals surface area (Å²) in [7, 11) is 2.15. The molecule has 2 aliphatic heterocycles. The Morgan fingerprint density at radius 1 is 1.21 bits per heavy atom. The third-order valence-electron chi connectivity index (χ3n) is 5.95. The standard InChI is InChI=1S/C21H23N5OS/c1-25-11-17(20-22-19(23-24-20)15-6-3-2-4-7-15)21(12-25)13-26(14-21)18(27)10-16-8-5-9-28-16/h2-9,17H,10-14H2,1H3,(H,22,23,24). The average molecular weight is 394 g/mol. The minimum absolute atomic E-state index is 0.0767. The highest BCUT2D eigenvalue weighted by Crippen LogP contribution is 2.48. The predicted molar refractivity (Wildman–Crippen MR) is 109 cm³/mol. The van der Waals surface area contributed by atoms with Crippen molar-refractivity contribution in [2.75, 3.05) is 33.2 Å². The van der Waals surface area contributed by atoms with E-state index in [-0.39, 0.29) is 17.2 Å². The molecule has 1 amide bonds. The van der Waals surface area contributed by atoms with Gasteiger partial charge in [-0.1, -0.05) is 36.4 Å². The number of nitrogens with one attached hydrogen (secondary N) is 1. The Morgan fingerprint density at radius 2 is 2.04 bits per heavy atom. The number of aromatic nitrogens is 3. The van der Waals surface area contributed by atoms with E-state index in [1.807, 2.05) is 52.7 Å². The van der Waals surface area contributed by atoms with Gasteiger partial charge in [-0.25, -0.2) is 4.98 Å². The normalized spacial score (nSPS) is 21.2. The number of hydrogen-bond acceptors (Lipinski definition) is 5. The molecule has 28 heavy (non-hydrogen) atoms. The number of amides is 1. The topological polar surface area (TPSA) is 65.1 Å². The van der Waals surface area contributed by atoms with Crippen LogP contribution in [0.4, 0.5) is 0 Å². The van der Waals surface area contributed by atoms with Crippen molar-refractivity contribution < 1.29 is 4.79 Å². The second-order valence-corrected chi connectivity index (χ2v) is 9.06. The molecule has 2 aromatic heterocycles. The van der Waals surface area contributed by atoms with Crippen LogP contribution in [0.2, 0.25) is 0 Å². The van der Waals surface area contributed by atoms with Crippen LogP contribution in [0.3, 0.4) is 0 Å². The van der Waals surface area contributed by atoms with E-state index in [1.54, 1.807) is 11.3 Å². The molecular formula is C21H23N5OS. The van der Waals surface area contributed by atoms with Crippen molar-refractivity contribution in [1.82, 2.24) is 25.0 Å². The fourth-order valence-corrected chi connectivity index (χ4v) is 5.32. The SMILES string of the molecule is CN1CC(c2nc(-c3ccccc3)n[nH]2)C2(C1)CN(C(=O)Cc1cccs1)C2. The van der Waals surface area contributed by atoms with E-state index in [0.29, 0.717) is 6.42 Å². The van der Waals surface area contributed by atoms with Crippen molar-refractivity contribution in [2.45, 2.75) is 12.3 Å². The zero-order valence-corrected chi connectivity index (χ0v) is 16.7. The lowest BCUT2D eigenvalue weighted by molar-refractivity contribution is -0.142. The first kappa shape index (κ1) is 17.6. The quantitative estimate of drug-likeness (QED) is 0.740. The molecule has 5 rings (SSSR count). The number of likely N-dealkylation sites (tertiary alicyclic amines) is 2. The number of nitrogens with zero attached hydrogens (tertiary/aromatic N) is 4. The maximum absolute atomic E-state index is 12.6. The van der Waals surface area contributed by atoms with Crippen LogP contribution in [0.1, 0.15) is 16.6 Å². The lowest BCUT2D eigenvalue weighted by Crippen LogP contribution is -2.61. The molecule has 2 saturated heterocycles. The average Bonchev–Trinajstić information content (AvgIpc) is 3.40. The summed E-state index contributed by atoms with van der Waals surface area (Å²) >= 11 is 1.65. The third kappa shape index (κ3) is 3.04. The number of thiophene rings is 1. The molecule has 4 heterocycles. The summed E-state index contributed by atoms with van der Waals surface area (Å²) in [6.45, 7) is 3.53. The largest absolute Gasteiger partial charge is 0.341 e. The van der Waals surface area contributed by atoms with Gasteiger partial charge >= 0.3 is 0 Å². The lowest BCUT2D eigenvalue weighted by Gasteiger charge is -2.50. The number of aromatic amines is 1. The Bertz CT molecular complexity index is 962. The molecule has 1 atom stereocenters. The van der Waals surface area contributed by atoms with Crippen molar-refractivity contribution in [3.8, 4) is 11.4 Å². The van der Waals surface area contributed by atoms with Crippen LogP contribution in [-0.2, 0) is 11.2 Å². The summed E-state index contributed by atoms with van der Waals surface area (Å²) in [5, 5.41) is 9.66. The van der Waals surface area contributed by atoms with E-state index >= 15 is 0 Å². The van der Waals surface area contributed by atoms with Crippen LogP contribution in [-0.4, -0.2) is 64.1 Å². The minimum atomic E-state index is 0.0767. The number of benzene rings is 1. The number of rotatable bonds is 4. The third-order valence-corrected chi connectivity index (χ3v) is 6.83. The predicted octanol–water partition coefficient (Wildman–Crippen LogP) is 2.63. The molecule has 6 nitrogen and oxygen atoms in total. The van der Waals surface area contributed by atoms with Gasteiger partial charge in [-0.15, -0.1) is 11.3 Å². The monoisotopic (exact) mass is 393 g/mol. The Kier molecular flexibility index (Phi) is 4.29. The molecule has 0 radical (unpaired) electrons. The maximum atomic E-state index is 12.6. The van der Waals surface area contributed by atoms with Crippen LogP contribution < -0.4 is 0 Å². The maximum Gasteiger partial charge on any atom is 0.227 e. The van der Waals surface area contributed by atoms with E-state index in [2.05, 4.69) is 22.1 Å². The van der Waals surface area contributed by atoms with E-state index in [9.17, 15) is 4.79 Å². The minimum Gasteiger partial charge on any atom is -0.341 e. The van der Waals surface area contributed by atoms with Gasteiger partial charge in [0.05, 0.1) is 6.42 Å². The number of likely N-dealkylation sites (N-methyl/N-ethyl adjacent to an activating group) is 1. The van der Waals surface area contributed by atoms with E-state index < -0.39 is 0 Å². The fourth-order valence-electron chi connectivity index (χ4n) is 4.63. The first-order valence-electron chi connectivity index (χ1n) is 9.59. The molecule has 0 aliphatic carbocycles. The molecule has 1 N–H and O–H groups in total. The summed E-state index contributed by atoms with van der Waals surface area (Å²) < 4.78 is 0. The van der Waals surface area contributed by atoms with Crippen molar-refractivity contribution in [1.29, 1.82) is 0 Å². The lowest BCUT2D eigenvalue weighted by atomic mass is 9.71. The summed E-state index contributed by atoms with van der Waals surface area (Å²) in [4.78, 5) is 22.9. The first-order chi connectivity index (χ1) is 13.6. The Morgan fingerprint density at radius 3 is 2.79 bits per heavy atom. The van der Waals surface area contributed by atoms with Gasteiger partial charge in [0.15, 0.2) is 5.82 Å². The number of carbonyl (C=O) groups is 1. The Balaban J connectivity index is 1.32. The Labute approximate surface area is 168 Å². The van der Waals surface area contributed by atoms with Crippen LogP contribution in [0.15, 0.2) is 47.8 Å². The van der Waals surface area contributed by atoms with Gasteiger partial charge in [0.25, 0.3) is 0 Å². The molecule has 1 spiro atoms. The molecule has 144 valence electrons. The molecule has 2 fully saturated rings. The highest BCUT2D eigenvalue weighted by Gasteiger charge is 2.56. The molecular weight excluding hydrogens is 370 g/mol. The molecule has 3 aromatic rings. The van der Waals surface area contributed by atoms with Gasteiger partial charge in [0, 0.05) is 48.0 Å². The molecule has 0 saturated carbocycles. The van der Waals surface area contributed by atoms with Gasteiger partial charge in [-0.05, 0) is 18.5 Å². The molecule has 1 unspecified atom stereocenters. The molecule has 1 aromatic carbocycles. The van der Waals surface area contributed by atoms with Crippen molar-refractivity contribution in [2.24, 2.45) is 5.41 Å². The van der Waals surface area contributed by atoms with Gasteiger partial charge in [-0.3, -0.25) is 9.89 Å².